The summed E-state index contributed by atoms with van der Waals surface area (Å²) in [7, 11) is 0. The lowest BCUT2D eigenvalue weighted by Crippen LogP contribution is -2.19. The highest BCUT2D eigenvalue weighted by molar-refractivity contribution is 5.64. The van der Waals surface area contributed by atoms with Crippen LogP contribution in [0.15, 0.2) is 42.5 Å². The molecule has 0 aliphatic rings. The first-order chi connectivity index (χ1) is 8.04. The number of rotatable bonds is 5. The van der Waals surface area contributed by atoms with Gasteiger partial charge in [0, 0.05) is 0 Å². The molecule has 1 atom stereocenters. The lowest BCUT2D eigenvalue weighted by Gasteiger charge is -2.28. The molecular formula is C16H22O. The largest absolute Gasteiger partial charge is 0.299 e. The van der Waals surface area contributed by atoms with Gasteiger partial charge in [0.05, 0.1) is 0 Å². The number of carbonyl (C=O) groups is 1. The van der Waals surface area contributed by atoms with Crippen molar-refractivity contribution in [1.29, 1.82) is 0 Å². The van der Waals surface area contributed by atoms with E-state index in [2.05, 4.69) is 45.0 Å². The molecular weight excluding hydrogens is 208 g/mol. The molecule has 0 aliphatic heterocycles. The number of hydrogen-bond donors (Lipinski definition) is 0. The van der Waals surface area contributed by atoms with Crippen LogP contribution in [0.3, 0.4) is 0 Å². The highest BCUT2D eigenvalue weighted by atomic mass is 16.1. The Labute approximate surface area is 105 Å². The van der Waals surface area contributed by atoms with E-state index in [9.17, 15) is 4.79 Å². The Kier molecular flexibility index (Phi) is 5.14. The maximum absolute atomic E-state index is 10.4. The molecule has 0 radical (unpaired) electrons. The van der Waals surface area contributed by atoms with Crippen molar-refractivity contribution >= 4 is 6.29 Å². The fraction of sp³-hybridized carbons (Fsp3) is 0.438. The first-order valence-corrected chi connectivity index (χ1v) is 6.20. The van der Waals surface area contributed by atoms with E-state index in [0.29, 0.717) is 5.92 Å². The Morgan fingerprint density at radius 3 is 2.35 bits per heavy atom. The average Bonchev–Trinajstić information content (AvgIpc) is 2.29. The van der Waals surface area contributed by atoms with E-state index in [1.165, 1.54) is 5.56 Å². The van der Waals surface area contributed by atoms with Crippen molar-refractivity contribution in [3.63, 3.8) is 0 Å². The molecule has 1 aromatic carbocycles. The van der Waals surface area contributed by atoms with Gasteiger partial charge in [-0.25, -0.2) is 0 Å². The van der Waals surface area contributed by atoms with Gasteiger partial charge in [-0.05, 0) is 35.8 Å². The van der Waals surface area contributed by atoms with Gasteiger partial charge >= 0.3 is 0 Å². The van der Waals surface area contributed by atoms with Gasteiger partial charge in [-0.1, -0.05) is 57.2 Å². The van der Waals surface area contributed by atoms with Gasteiger partial charge in [0.1, 0.15) is 6.29 Å². The zero-order valence-corrected chi connectivity index (χ0v) is 11.0. The predicted molar refractivity (Wildman–Crippen MR) is 72.9 cm³/mol. The van der Waals surface area contributed by atoms with Crippen molar-refractivity contribution in [2.75, 3.05) is 0 Å². The van der Waals surface area contributed by atoms with E-state index in [-0.39, 0.29) is 5.41 Å². The van der Waals surface area contributed by atoms with E-state index in [4.69, 9.17) is 0 Å². The van der Waals surface area contributed by atoms with Gasteiger partial charge < -0.3 is 0 Å². The fourth-order valence-electron chi connectivity index (χ4n) is 1.96. The average molecular weight is 230 g/mol. The third-order valence-electron chi connectivity index (χ3n) is 3.12. The number of aldehydes is 1. The van der Waals surface area contributed by atoms with Crippen LogP contribution in [0.1, 0.15) is 32.8 Å². The van der Waals surface area contributed by atoms with Crippen molar-refractivity contribution in [1.82, 2.24) is 0 Å². The van der Waals surface area contributed by atoms with Crippen LogP contribution in [0.4, 0.5) is 0 Å². The third-order valence-corrected chi connectivity index (χ3v) is 3.12. The van der Waals surface area contributed by atoms with Crippen molar-refractivity contribution in [2.24, 2.45) is 11.3 Å². The first-order valence-electron chi connectivity index (χ1n) is 6.20. The summed E-state index contributed by atoms with van der Waals surface area (Å²) < 4.78 is 0. The molecule has 0 unspecified atom stereocenters. The molecule has 1 rings (SSSR count). The molecule has 0 aromatic heterocycles. The summed E-state index contributed by atoms with van der Waals surface area (Å²) in [5.41, 5.74) is 1.56. The molecule has 0 spiro atoms. The number of benzene rings is 1. The van der Waals surface area contributed by atoms with Gasteiger partial charge in [0.2, 0.25) is 0 Å². The van der Waals surface area contributed by atoms with Crippen LogP contribution >= 0.6 is 0 Å². The summed E-state index contributed by atoms with van der Waals surface area (Å²) >= 11 is 0. The summed E-state index contributed by atoms with van der Waals surface area (Å²) in [5.74, 6) is 0.438. The summed E-state index contributed by atoms with van der Waals surface area (Å²) in [4.78, 5) is 10.4. The van der Waals surface area contributed by atoms with Crippen LogP contribution in [0.25, 0.3) is 0 Å². The Hall–Kier alpha value is -1.37. The smallest absolute Gasteiger partial charge is 0.142 e. The Balaban J connectivity index is 2.62. The topological polar surface area (TPSA) is 17.1 Å². The zero-order chi connectivity index (χ0) is 12.7. The number of aryl methyl sites for hydroxylation is 1. The van der Waals surface area contributed by atoms with Crippen LogP contribution in [-0.2, 0) is 11.2 Å². The molecule has 0 N–H and O–H groups in total. The van der Waals surface area contributed by atoms with Crippen LogP contribution in [0, 0.1) is 11.3 Å². The third kappa shape index (κ3) is 4.99. The quantitative estimate of drug-likeness (QED) is 0.551. The standard InChI is InChI=1S/C16H22O/c1-16(2,3)15(10-7-13-17)12-11-14-8-5-4-6-9-14/h4-10,13,15H,11-12H2,1-3H3/b10-7+/t15-/m1/s1. The van der Waals surface area contributed by atoms with E-state index in [1.54, 1.807) is 6.08 Å². The molecule has 1 heteroatoms. The van der Waals surface area contributed by atoms with Crippen LogP contribution in [0.2, 0.25) is 0 Å². The number of carbonyl (C=O) groups excluding carboxylic acids is 1. The zero-order valence-electron chi connectivity index (χ0n) is 11.0. The van der Waals surface area contributed by atoms with Crippen LogP contribution in [0.5, 0.6) is 0 Å². The Morgan fingerprint density at radius 1 is 1.18 bits per heavy atom. The molecule has 0 saturated heterocycles. The normalized spacial score (nSPS) is 13.8. The summed E-state index contributed by atoms with van der Waals surface area (Å²) in [5, 5.41) is 0. The van der Waals surface area contributed by atoms with Crippen molar-refractivity contribution in [3.8, 4) is 0 Å². The maximum Gasteiger partial charge on any atom is 0.142 e. The maximum atomic E-state index is 10.4. The summed E-state index contributed by atoms with van der Waals surface area (Å²) in [6.07, 6.45) is 6.67. The van der Waals surface area contributed by atoms with Gasteiger partial charge in [-0.3, -0.25) is 4.79 Å². The molecule has 1 nitrogen and oxygen atoms in total. The van der Waals surface area contributed by atoms with Gasteiger partial charge in [-0.2, -0.15) is 0 Å². The molecule has 0 bridgehead atoms. The van der Waals surface area contributed by atoms with E-state index < -0.39 is 0 Å². The molecule has 92 valence electrons. The van der Waals surface area contributed by atoms with Crippen LogP contribution < -0.4 is 0 Å². The molecule has 17 heavy (non-hydrogen) atoms. The first kappa shape index (κ1) is 13.7. The minimum atomic E-state index is 0.203. The van der Waals surface area contributed by atoms with Crippen molar-refractivity contribution in [3.05, 3.63) is 48.0 Å². The molecule has 0 amide bonds. The second-order valence-electron chi connectivity index (χ2n) is 5.52. The molecule has 1 aromatic rings. The van der Waals surface area contributed by atoms with E-state index >= 15 is 0 Å². The lowest BCUT2D eigenvalue weighted by atomic mass is 9.77. The Bertz CT molecular complexity index is 357. The minimum absolute atomic E-state index is 0.203. The second kappa shape index (κ2) is 6.39. The van der Waals surface area contributed by atoms with Gasteiger partial charge in [0.15, 0.2) is 0 Å². The van der Waals surface area contributed by atoms with E-state index in [0.717, 1.165) is 19.1 Å². The monoisotopic (exact) mass is 230 g/mol. The van der Waals surface area contributed by atoms with Gasteiger partial charge in [0.25, 0.3) is 0 Å². The molecule has 0 fully saturated rings. The van der Waals surface area contributed by atoms with Crippen molar-refractivity contribution in [2.45, 2.75) is 33.6 Å². The minimum Gasteiger partial charge on any atom is -0.299 e. The molecule has 0 aliphatic carbocycles. The second-order valence-corrected chi connectivity index (χ2v) is 5.52. The van der Waals surface area contributed by atoms with Crippen LogP contribution in [-0.4, -0.2) is 6.29 Å². The number of hydrogen-bond acceptors (Lipinski definition) is 1. The molecule has 0 heterocycles. The SMILES string of the molecule is CC(C)(C)[C@H](/C=C/C=O)CCc1ccccc1. The van der Waals surface area contributed by atoms with Crippen molar-refractivity contribution < 1.29 is 4.79 Å². The summed E-state index contributed by atoms with van der Waals surface area (Å²) in [6, 6.07) is 10.5. The number of allylic oxidation sites excluding steroid dienone is 2. The predicted octanol–water partition coefficient (Wildman–Crippen LogP) is 4.04. The highest BCUT2D eigenvalue weighted by Crippen LogP contribution is 2.30. The highest BCUT2D eigenvalue weighted by Gasteiger charge is 2.21. The van der Waals surface area contributed by atoms with Gasteiger partial charge in [-0.15, -0.1) is 0 Å². The Morgan fingerprint density at radius 2 is 1.82 bits per heavy atom. The van der Waals surface area contributed by atoms with E-state index in [1.807, 2.05) is 12.1 Å². The summed E-state index contributed by atoms with van der Waals surface area (Å²) in [6.45, 7) is 6.66. The molecule has 0 saturated carbocycles. The fourth-order valence-corrected chi connectivity index (χ4v) is 1.96. The lowest BCUT2D eigenvalue weighted by molar-refractivity contribution is -0.104.